The van der Waals surface area contributed by atoms with Gasteiger partial charge in [-0.2, -0.15) is 26.3 Å². The summed E-state index contributed by atoms with van der Waals surface area (Å²) in [5.74, 6) is -1.08. The monoisotopic (exact) mass is 474 g/mol. The molecule has 2 amide bonds. The molecule has 0 radical (unpaired) electrons. The SMILES string of the molecule is CCC1CN(C(=O)c2cc(C(F)(F)F)cc(C(F)(F)F)c2)c2cc(C)c(C)cc2N1C(=O)O. The smallest absolute Gasteiger partial charge is 0.416 e. The Morgan fingerprint density at radius 2 is 1.39 bits per heavy atom. The summed E-state index contributed by atoms with van der Waals surface area (Å²) in [6.45, 7) is 4.86. The Hall–Kier alpha value is -3.24. The summed E-state index contributed by atoms with van der Waals surface area (Å²) in [4.78, 5) is 27.3. The summed E-state index contributed by atoms with van der Waals surface area (Å²) in [5.41, 5.74) is -2.37. The standard InChI is InChI=1S/C22H20F6N2O3/c1-4-16-10-29(17-5-11(2)12(3)6-18(17)30(16)20(32)33)19(31)13-7-14(21(23,24)25)9-15(8-13)22(26,27)28/h5-9,16H,4,10H2,1-3H3,(H,32,33). The molecular weight excluding hydrogens is 454 g/mol. The molecule has 5 nitrogen and oxygen atoms in total. The van der Waals surface area contributed by atoms with Crippen molar-refractivity contribution in [1.29, 1.82) is 0 Å². The summed E-state index contributed by atoms with van der Waals surface area (Å²) in [6.07, 6.45) is -11.2. The van der Waals surface area contributed by atoms with E-state index in [1.165, 1.54) is 12.1 Å². The van der Waals surface area contributed by atoms with Gasteiger partial charge in [-0.1, -0.05) is 6.92 Å². The van der Waals surface area contributed by atoms with Gasteiger partial charge in [0.1, 0.15) is 0 Å². The van der Waals surface area contributed by atoms with Crippen LogP contribution in [-0.4, -0.2) is 29.7 Å². The number of fused-ring (bicyclic) bond motifs is 1. The Labute approximate surface area is 185 Å². The first-order valence-electron chi connectivity index (χ1n) is 9.89. The van der Waals surface area contributed by atoms with Gasteiger partial charge < -0.3 is 10.0 Å². The molecule has 2 aromatic carbocycles. The van der Waals surface area contributed by atoms with E-state index >= 15 is 0 Å². The minimum atomic E-state index is -5.10. The molecule has 0 aromatic heterocycles. The molecule has 1 aliphatic rings. The summed E-state index contributed by atoms with van der Waals surface area (Å²) < 4.78 is 79.6. The summed E-state index contributed by atoms with van der Waals surface area (Å²) >= 11 is 0. The highest BCUT2D eigenvalue weighted by Gasteiger charge is 2.40. The Kier molecular flexibility index (Phi) is 6.12. The second-order valence-corrected chi connectivity index (χ2v) is 7.85. The van der Waals surface area contributed by atoms with E-state index in [1.54, 1.807) is 20.8 Å². The van der Waals surface area contributed by atoms with Crippen LogP contribution in [0.4, 0.5) is 42.5 Å². The fourth-order valence-electron chi connectivity index (χ4n) is 3.78. The number of benzene rings is 2. The molecule has 1 atom stereocenters. The van der Waals surface area contributed by atoms with E-state index < -0.39 is 47.1 Å². The van der Waals surface area contributed by atoms with Gasteiger partial charge >= 0.3 is 18.4 Å². The quantitative estimate of drug-likeness (QED) is 0.523. The molecule has 1 heterocycles. The molecule has 0 spiro atoms. The number of nitrogens with zero attached hydrogens (tertiary/aromatic N) is 2. The summed E-state index contributed by atoms with van der Waals surface area (Å²) in [5, 5.41) is 9.71. The highest BCUT2D eigenvalue weighted by atomic mass is 19.4. The van der Waals surface area contributed by atoms with E-state index in [-0.39, 0.29) is 30.4 Å². The van der Waals surface area contributed by atoms with Crippen LogP contribution >= 0.6 is 0 Å². The number of carbonyl (C=O) groups is 2. The molecule has 0 saturated heterocycles. The van der Waals surface area contributed by atoms with Crippen LogP contribution in [0.3, 0.4) is 0 Å². The number of aryl methyl sites for hydroxylation is 2. The molecule has 2 aromatic rings. The molecule has 1 aliphatic heterocycles. The molecule has 33 heavy (non-hydrogen) atoms. The Bertz CT molecular complexity index is 1080. The van der Waals surface area contributed by atoms with Crippen molar-refractivity contribution in [1.82, 2.24) is 0 Å². The number of rotatable bonds is 2. The van der Waals surface area contributed by atoms with E-state index in [0.717, 1.165) is 9.80 Å². The first-order chi connectivity index (χ1) is 15.1. The molecule has 11 heteroatoms. The maximum Gasteiger partial charge on any atom is 0.416 e. The van der Waals surface area contributed by atoms with Crippen LogP contribution < -0.4 is 9.80 Å². The van der Waals surface area contributed by atoms with Crippen LogP contribution in [0.5, 0.6) is 0 Å². The Morgan fingerprint density at radius 3 is 1.82 bits per heavy atom. The van der Waals surface area contributed by atoms with Gasteiger partial charge in [0.2, 0.25) is 0 Å². The second-order valence-electron chi connectivity index (χ2n) is 7.85. The topological polar surface area (TPSA) is 60.9 Å². The normalized spacial score (nSPS) is 16.6. The summed E-state index contributed by atoms with van der Waals surface area (Å²) in [6, 6.07) is 3.01. The average molecular weight is 474 g/mol. The van der Waals surface area contributed by atoms with Crippen molar-refractivity contribution in [2.24, 2.45) is 0 Å². The van der Waals surface area contributed by atoms with Crippen molar-refractivity contribution in [3.63, 3.8) is 0 Å². The van der Waals surface area contributed by atoms with Gasteiger partial charge in [0.25, 0.3) is 5.91 Å². The maximum atomic E-state index is 13.3. The van der Waals surface area contributed by atoms with Crippen LogP contribution in [0.25, 0.3) is 0 Å². The Balaban J connectivity index is 2.21. The number of carbonyl (C=O) groups excluding carboxylic acids is 1. The van der Waals surface area contributed by atoms with E-state index in [0.29, 0.717) is 23.3 Å². The van der Waals surface area contributed by atoms with Crippen LogP contribution in [0.15, 0.2) is 30.3 Å². The molecule has 178 valence electrons. The zero-order valence-electron chi connectivity index (χ0n) is 17.8. The van der Waals surface area contributed by atoms with Gasteiger partial charge in [0.15, 0.2) is 0 Å². The van der Waals surface area contributed by atoms with Crippen LogP contribution in [0, 0.1) is 13.8 Å². The third kappa shape index (κ3) is 4.62. The lowest BCUT2D eigenvalue weighted by Crippen LogP contribution is -2.52. The molecule has 1 unspecified atom stereocenters. The third-order valence-electron chi connectivity index (χ3n) is 5.66. The van der Waals surface area contributed by atoms with Gasteiger partial charge in [0, 0.05) is 12.1 Å². The highest BCUT2D eigenvalue weighted by molar-refractivity contribution is 6.10. The number of hydrogen-bond acceptors (Lipinski definition) is 2. The molecule has 3 rings (SSSR count). The zero-order valence-corrected chi connectivity index (χ0v) is 17.8. The lowest BCUT2D eigenvalue weighted by molar-refractivity contribution is -0.143. The first kappa shape index (κ1) is 24.4. The van der Waals surface area contributed by atoms with Gasteiger partial charge in [0.05, 0.1) is 28.5 Å². The van der Waals surface area contributed by atoms with Crippen LogP contribution in [0.1, 0.15) is 46.0 Å². The predicted molar refractivity (Wildman–Crippen MR) is 109 cm³/mol. The molecule has 0 saturated carbocycles. The number of halogens is 6. The number of anilines is 2. The second kappa shape index (κ2) is 8.27. The Morgan fingerprint density at radius 1 is 0.909 bits per heavy atom. The highest BCUT2D eigenvalue weighted by Crippen LogP contribution is 2.41. The van der Waals surface area contributed by atoms with Crippen molar-refractivity contribution in [2.45, 2.75) is 45.6 Å². The van der Waals surface area contributed by atoms with Gasteiger partial charge in [-0.15, -0.1) is 0 Å². The molecule has 0 aliphatic carbocycles. The maximum absolute atomic E-state index is 13.3. The minimum absolute atomic E-state index is 0.0462. The van der Waals surface area contributed by atoms with Crippen LogP contribution in [-0.2, 0) is 12.4 Å². The van der Waals surface area contributed by atoms with Crippen molar-refractivity contribution in [2.75, 3.05) is 16.3 Å². The van der Waals surface area contributed by atoms with Crippen molar-refractivity contribution < 1.29 is 41.0 Å². The van der Waals surface area contributed by atoms with Crippen molar-refractivity contribution >= 4 is 23.4 Å². The third-order valence-corrected chi connectivity index (χ3v) is 5.66. The molecule has 0 bridgehead atoms. The number of amides is 2. The lowest BCUT2D eigenvalue weighted by atomic mass is 9.98. The van der Waals surface area contributed by atoms with E-state index in [9.17, 15) is 41.0 Å². The van der Waals surface area contributed by atoms with Gasteiger partial charge in [-0.05, 0) is 61.7 Å². The number of hydrogen-bond donors (Lipinski definition) is 1. The fraction of sp³-hybridized carbons (Fsp3) is 0.364. The number of carboxylic acid groups (broad SMARTS) is 1. The molecule has 0 fully saturated rings. The average Bonchev–Trinajstić information content (AvgIpc) is 2.71. The predicted octanol–water partition coefficient (Wildman–Crippen LogP) is 6.26. The fourth-order valence-corrected chi connectivity index (χ4v) is 3.78. The van der Waals surface area contributed by atoms with Crippen molar-refractivity contribution in [3.8, 4) is 0 Å². The lowest BCUT2D eigenvalue weighted by Gasteiger charge is -2.41. The van der Waals surface area contributed by atoms with Crippen molar-refractivity contribution in [3.05, 3.63) is 58.1 Å². The zero-order chi connectivity index (χ0) is 24.9. The van der Waals surface area contributed by atoms with Crippen LogP contribution in [0.2, 0.25) is 0 Å². The minimum Gasteiger partial charge on any atom is -0.465 e. The molecule has 1 N–H and O–H groups in total. The van der Waals surface area contributed by atoms with E-state index in [1.807, 2.05) is 0 Å². The largest absolute Gasteiger partial charge is 0.465 e. The van der Waals surface area contributed by atoms with E-state index in [4.69, 9.17) is 0 Å². The first-order valence-corrected chi connectivity index (χ1v) is 9.89. The van der Waals surface area contributed by atoms with Gasteiger partial charge in [-0.3, -0.25) is 9.69 Å². The molecular formula is C22H20F6N2O3. The van der Waals surface area contributed by atoms with Gasteiger partial charge in [-0.25, -0.2) is 4.79 Å². The number of alkyl halides is 6. The van der Waals surface area contributed by atoms with E-state index in [2.05, 4.69) is 0 Å². The summed E-state index contributed by atoms with van der Waals surface area (Å²) in [7, 11) is 0.